The van der Waals surface area contributed by atoms with Crippen LogP contribution in [0.2, 0.25) is 10.2 Å². The van der Waals surface area contributed by atoms with E-state index in [4.69, 9.17) is 23.2 Å². The molecule has 2 aromatic heterocycles. The lowest BCUT2D eigenvalue weighted by Gasteiger charge is -2.14. The third-order valence-corrected chi connectivity index (χ3v) is 6.05. The molecular weight excluding hydrogens is 503 g/mol. The van der Waals surface area contributed by atoms with Crippen LogP contribution in [0.5, 0.6) is 0 Å². The maximum absolute atomic E-state index is 11.9. The van der Waals surface area contributed by atoms with Gasteiger partial charge >= 0.3 is 0 Å². The van der Waals surface area contributed by atoms with Gasteiger partial charge in [0.1, 0.15) is 15.1 Å². The van der Waals surface area contributed by atoms with Crippen LogP contribution in [0.4, 0.5) is 5.69 Å². The number of guanidine groups is 1. The first-order chi connectivity index (χ1) is 16.2. The number of carbonyl (C=O) groups is 1. The van der Waals surface area contributed by atoms with E-state index in [2.05, 4.69) is 30.3 Å². The minimum Gasteiger partial charge on any atom is -0.349 e. The van der Waals surface area contributed by atoms with Crippen molar-refractivity contribution in [3.05, 3.63) is 78.5 Å². The first-order valence-corrected chi connectivity index (χ1v) is 11.4. The van der Waals surface area contributed by atoms with E-state index in [0.717, 1.165) is 22.7 Å². The van der Waals surface area contributed by atoms with Gasteiger partial charge in [0, 0.05) is 36.5 Å². The van der Waals surface area contributed by atoms with Crippen LogP contribution in [0, 0.1) is 24.0 Å². The lowest BCUT2D eigenvalue weighted by Crippen LogP contribution is -2.30. The molecule has 0 radical (unpaired) electrons. The number of rotatable bonds is 5. The summed E-state index contributed by atoms with van der Waals surface area (Å²) in [5.74, 6) is 0.0716. The Morgan fingerprint density at radius 2 is 2.12 bits per heavy atom. The Morgan fingerprint density at radius 1 is 1.32 bits per heavy atom. The van der Waals surface area contributed by atoms with Gasteiger partial charge in [-0.05, 0) is 54.7 Å². The minimum atomic E-state index is -0.708. The summed E-state index contributed by atoms with van der Waals surface area (Å²) < 4.78 is 3.72. The molecule has 3 heterocycles. The zero-order valence-electron chi connectivity index (χ0n) is 18.2. The Morgan fingerprint density at radius 3 is 2.74 bits per heavy atom. The van der Waals surface area contributed by atoms with Gasteiger partial charge in [-0.2, -0.15) is 0 Å². The van der Waals surface area contributed by atoms with Crippen LogP contribution >= 0.6 is 34.7 Å². The Hall–Kier alpha value is -3.35. The normalized spacial score (nSPS) is 13.8. The molecule has 1 aliphatic heterocycles. The second-order valence-electron chi connectivity index (χ2n) is 7.10. The summed E-state index contributed by atoms with van der Waals surface area (Å²) in [5.41, 5.74) is 3.19. The van der Waals surface area contributed by atoms with Crippen molar-refractivity contribution >= 4 is 52.3 Å². The predicted molar refractivity (Wildman–Crippen MR) is 131 cm³/mol. The molecule has 178 valence electrons. The third kappa shape index (κ3) is 7.07. The largest absolute Gasteiger partial charge is 0.349 e. The van der Waals surface area contributed by atoms with Crippen molar-refractivity contribution in [3.63, 3.8) is 0 Å². The second kappa shape index (κ2) is 11.7. The van der Waals surface area contributed by atoms with E-state index >= 15 is 0 Å². The fourth-order valence-electron chi connectivity index (χ4n) is 2.87. The molecule has 4 rings (SSSR count). The van der Waals surface area contributed by atoms with Crippen LogP contribution in [0.1, 0.15) is 26.5 Å². The van der Waals surface area contributed by atoms with Gasteiger partial charge in [-0.25, -0.2) is 15.1 Å². The minimum absolute atomic E-state index is 0.211. The number of halogens is 2. The van der Waals surface area contributed by atoms with Crippen molar-refractivity contribution in [2.24, 2.45) is 5.10 Å². The molecule has 0 bridgehead atoms. The number of nitro groups is 1. The molecule has 1 saturated heterocycles. The number of aromatic nitrogens is 3. The number of nitrogens with zero attached hydrogens (tertiary/aromatic N) is 6. The van der Waals surface area contributed by atoms with E-state index in [9.17, 15) is 14.9 Å². The summed E-state index contributed by atoms with van der Waals surface area (Å²) in [5, 5.41) is 23.4. The highest BCUT2D eigenvalue weighted by Gasteiger charge is 2.21. The Balaban J connectivity index is 0.000000191. The molecule has 0 unspecified atom stereocenters. The molecule has 0 aliphatic carbocycles. The SMILES string of the molecule is Cc1ccc(NC(=O)c2snnc2C)cc1Cl.O=[N+]([O-])/N=C1\NCCN1Cc1ccc(Cl)nc1. The molecule has 3 aromatic rings. The number of benzene rings is 1. The number of nitrogens with one attached hydrogen (secondary N) is 2. The van der Waals surface area contributed by atoms with Crippen molar-refractivity contribution in [1.82, 2.24) is 24.8 Å². The van der Waals surface area contributed by atoms with Gasteiger partial charge in [-0.3, -0.25) is 4.79 Å². The summed E-state index contributed by atoms with van der Waals surface area (Å²) in [7, 11) is 0. The van der Waals surface area contributed by atoms with Crippen LogP contribution in [0.3, 0.4) is 0 Å². The highest BCUT2D eigenvalue weighted by atomic mass is 35.5. The smallest absolute Gasteiger partial charge is 0.271 e. The first-order valence-electron chi connectivity index (χ1n) is 9.91. The van der Waals surface area contributed by atoms with Gasteiger partial charge in [-0.15, -0.1) is 5.10 Å². The van der Waals surface area contributed by atoms with Gasteiger partial charge in [-0.1, -0.05) is 39.8 Å². The average Bonchev–Trinajstić information content (AvgIpc) is 3.41. The van der Waals surface area contributed by atoms with Crippen LogP contribution in [0.15, 0.2) is 41.6 Å². The van der Waals surface area contributed by atoms with Gasteiger partial charge < -0.3 is 15.5 Å². The number of pyridine rings is 1. The number of aryl methyl sites for hydroxylation is 2. The maximum Gasteiger partial charge on any atom is 0.271 e. The van der Waals surface area contributed by atoms with E-state index in [1.165, 1.54) is 0 Å². The molecule has 0 spiro atoms. The Kier molecular flexibility index (Phi) is 8.68. The molecule has 1 aliphatic rings. The quantitative estimate of drug-likeness (QED) is 0.293. The zero-order chi connectivity index (χ0) is 24.7. The number of amides is 1. The van der Waals surface area contributed by atoms with Crippen molar-refractivity contribution in [2.75, 3.05) is 18.4 Å². The van der Waals surface area contributed by atoms with Crippen LogP contribution in [-0.2, 0) is 6.54 Å². The predicted octanol–water partition coefficient (Wildman–Crippen LogP) is 3.75. The first kappa shape index (κ1) is 25.3. The lowest BCUT2D eigenvalue weighted by molar-refractivity contribution is -0.485. The van der Waals surface area contributed by atoms with E-state index in [-0.39, 0.29) is 11.9 Å². The van der Waals surface area contributed by atoms with Crippen molar-refractivity contribution in [2.45, 2.75) is 20.4 Å². The Labute approximate surface area is 209 Å². The van der Waals surface area contributed by atoms with E-state index in [1.807, 2.05) is 25.1 Å². The molecule has 11 nitrogen and oxygen atoms in total. The number of hydrogen-bond donors (Lipinski definition) is 2. The number of hydrazone groups is 1. The molecular formula is C20H20Cl2N8O3S. The molecule has 34 heavy (non-hydrogen) atoms. The monoisotopic (exact) mass is 522 g/mol. The maximum atomic E-state index is 11.9. The molecule has 1 aromatic carbocycles. The molecule has 1 fully saturated rings. The summed E-state index contributed by atoms with van der Waals surface area (Å²) in [6.45, 7) is 5.50. The van der Waals surface area contributed by atoms with Gasteiger partial charge in [0.2, 0.25) is 0 Å². The zero-order valence-corrected chi connectivity index (χ0v) is 20.5. The lowest BCUT2D eigenvalue weighted by atomic mass is 10.2. The van der Waals surface area contributed by atoms with Crippen LogP contribution in [0.25, 0.3) is 0 Å². The van der Waals surface area contributed by atoms with Crippen molar-refractivity contribution < 1.29 is 9.83 Å². The number of carbonyl (C=O) groups excluding carboxylic acids is 1. The second-order valence-corrected chi connectivity index (χ2v) is 8.65. The molecule has 0 atom stereocenters. The van der Waals surface area contributed by atoms with E-state index in [1.54, 1.807) is 30.2 Å². The van der Waals surface area contributed by atoms with Crippen LogP contribution < -0.4 is 10.6 Å². The molecule has 1 amide bonds. The van der Waals surface area contributed by atoms with Crippen molar-refractivity contribution in [3.8, 4) is 0 Å². The third-order valence-electron chi connectivity index (χ3n) is 4.59. The summed E-state index contributed by atoms with van der Waals surface area (Å²) in [6, 6.07) is 8.90. The van der Waals surface area contributed by atoms with Gasteiger partial charge in [0.15, 0.2) is 5.03 Å². The standard InChI is InChI=1S/C11H10ClN3OS.C9H10ClN5O2/c1-6-3-4-8(5-9(6)12)13-11(16)10-7(2)14-15-17-10;10-8-2-1-7(5-12-8)6-14-4-3-11-9(14)13-15(16)17/h3-5H,1-2H3,(H,13,16);1-2,5H,3-4,6H2,(H,11,13). The van der Waals surface area contributed by atoms with E-state index < -0.39 is 5.03 Å². The topological polar surface area (TPSA) is 139 Å². The highest BCUT2D eigenvalue weighted by Crippen LogP contribution is 2.21. The van der Waals surface area contributed by atoms with Gasteiger partial charge in [0.25, 0.3) is 11.9 Å². The number of hydrogen-bond acceptors (Lipinski definition) is 7. The average molecular weight is 523 g/mol. The van der Waals surface area contributed by atoms with E-state index in [0.29, 0.717) is 46.1 Å². The van der Waals surface area contributed by atoms with Crippen molar-refractivity contribution in [1.29, 1.82) is 0 Å². The highest BCUT2D eigenvalue weighted by molar-refractivity contribution is 7.08. The fourth-order valence-corrected chi connectivity index (χ4v) is 3.71. The molecule has 14 heteroatoms. The summed E-state index contributed by atoms with van der Waals surface area (Å²) in [4.78, 5) is 28.4. The van der Waals surface area contributed by atoms with Gasteiger partial charge in [0.05, 0.1) is 5.69 Å². The number of anilines is 1. The summed E-state index contributed by atoms with van der Waals surface area (Å²) >= 11 is 12.7. The fraction of sp³-hybridized carbons (Fsp3) is 0.250. The van der Waals surface area contributed by atoms with Crippen LogP contribution in [-0.4, -0.2) is 49.5 Å². The Bertz CT molecular complexity index is 1200. The summed E-state index contributed by atoms with van der Waals surface area (Å²) in [6.07, 6.45) is 1.64. The molecule has 0 saturated carbocycles. The molecule has 2 N–H and O–H groups in total.